The van der Waals surface area contributed by atoms with Gasteiger partial charge in [-0.3, -0.25) is 0 Å². The molecule has 2 aromatic heterocycles. The molecule has 0 bridgehead atoms. The molecular weight excluding hydrogens is 461 g/mol. The molecule has 3 aromatic rings. The van der Waals surface area contributed by atoms with Crippen LogP contribution in [0.3, 0.4) is 0 Å². The summed E-state index contributed by atoms with van der Waals surface area (Å²) in [6.07, 6.45) is 3.25. The number of hydrogen-bond acceptors (Lipinski definition) is 7. The van der Waals surface area contributed by atoms with Crippen molar-refractivity contribution >= 4 is 28.6 Å². The summed E-state index contributed by atoms with van der Waals surface area (Å²) in [5.74, 6) is 0.375. The summed E-state index contributed by atoms with van der Waals surface area (Å²) in [5, 5.41) is 24.8. The van der Waals surface area contributed by atoms with Crippen LogP contribution >= 0.6 is 11.6 Å². The predicted molar refractivity (Wildman–Crippen MR) is 127 cm³/mol. The fraction of sp³-hybridized carbons (Fsp3) is 0.542. The Balaban J connectivity index is 1.58. The van der Waals surface area contributed by atoms with E-state index in [0.29, 0.717) is 41.6 Å². The third kappa shape index (κ3) is 4.15. The highest BCUT2D eigenvalue weighted by molar-refractivity contribution is 6.33. The van der Waals surface area contributed by atoms with Crippen LogP contribution in [-0.2, 0) is 10.3 Å². The fourth-order valence-corrected chi connectivity index (χ4v) is 4.89. The van der Waals surface area contributed by atoms with Crippen molar-refractivity contribution in [3.05, 3.63) is 35.0 Å². The lowest BCUT2D eigenvalue weighted by Gasteiger charge is -2.28. The van der Waals surface area contributed by atoms with E-state index >= 15 is 4.39 Å². The molecule has 10 heteroatoms. The Kier molecular flexibility index (Phi) is 6.00. The lowest BCUT2D eigenvalue weighted by Crippen LogP contribution is -2.42. The first-order valence-corrected chi connectivity index (χ1v) is 12.0. The minimum Gasteiger partial charge on any atom is -0.389 e. The lowest BCUT2D eigenvalue weighted by molar-refractivity contribution is -0.0136. The first-order chi connectivity index (χ1) is 16.2. The topological polar surface area (TPSA) is 105 Å². The Hall–Kier alpha value is -2.33. The molecule has 1 aromatic carbocycles. The highest BCUT2D eigenvalue weighted by Crippen LogP contribution is 2.46. The number of imidazole rings is 1. The number of hydrogen-bond donors (Lipinski definition) is 3. The van der Waals surface area contributed by atoms with Crippen LogP contribution in [0, 0.1) is 11.7 Å². The smallest absolute Gasteiger partial charge is 0.223 e. The van der Waals surface area contributed by atoms with E-state index in [4.69, 9.17) is 16.3 Å². The molecule has 34 heavy (non-hydrogen) atoms. The second kappa shape index (κ2) is 8.71. The molecule has 1 aliphatic carbocycles. The van der Waals surface area contributed by atoms with Gasteiger partial charge in [-0.15, -0.1) is 0 Å². The largest absolute Gasteiger partial charge is 0.389 e. The quantitative estimate of drug-likeness (QED) is 0.479. The van der Waals surface area contributed by atoms with Gasteiger partial charge in [-0.1, -0.05) is 11.6 Å². The van der Waals surface area contributed by atoms with Gasteiger partial charge in [-0.2, -0.15) is 0 Å². The van der Waals surface area contributed by atoms with Crippen molar-refractivity contribution in [3.63, 3.8) is 0 Å². The standard InChI is InChI=1S/C24H29ClFN5O3/c1-12(2)31-18-9-13(8-16(26)21(18)29-22(31)24(3,33)14-4-5-14)20-15(25)10-27-23(30-20)28-17-6-7-34-11-19(17)32/h8-10,12,14,17,19,32-33H,4-7,11H2,1-3H3,(H,27,28,30)/t17-,19-,24?/m1/s1. The Labute approximate surface area is 202 Å². The van der Waals surface area contributed by atoms with Crippen LogP contribution < -0.4 is 5.32 Å². The number of nitrogens with zero attached hydrogens (tertiary/aromatic N) is 4. The number of rotatable bonds is 6. The van der Waals surface area contributed by atoms with Crippen LogP contribution in [0.2, 0.25) is 5.02 Å². The number of halogens is 2. The molecule has 5 rings (SSSR count). The van der Waals surface area contributed by atoms with E-state index in [-0.39, 0.29) is 35.1 Å². The van der Waals surface area contributed by atoms with E-state index in [1.807, 2.05) is 18.4 Å². The summed E-state index contributed by atoms with van der Waals surface area (Å²) in [4.78, 5) is 13.3. The van der Waals surface area contributed by atoms with Crippen LogP contribution in [-0.4, -0.2) is 55.1 Å². The van der Waals surface area contributed by atoms with Crippen LogP contribution in [0.15, 0.2) is 18.3 Å². The Morgan fingerprint density at radius 3 is 2.71 bits per heavy atom. The van der Waals surface area contributed by atoms with Gasteiger partial charge >= 0.3 is 0 Å². The number of aliphatic hydroxyl groups excluding tert-OH is 1. The van der Waals surface area contributed by atoms with Crippen LogP contribution in [0.4, 0.5) is 10.3 Å². The average molecular weight is 490 g/mol. The molecule has 1 saturated heterocycles. The molecule has 8 nitrogen and oxygen atoms in total. The Bertz CT molecular complexity index is 1230. The number of ether oxygens (including phenoxy) is 1. The summed E-state index contributed by atoms with van der Waals surface area (Å²) in [7, 11) is 0. The molecule has 3 atom stereocenters. The highest BCUT2D eigenvalue weighted by Gasteiger charge is 2.45. The summed E-state index contributed by atoms with van der Waals surface area (Å²) in [5.41, 5.74) is 0.498. The van der Waals surface area contributed by atoms with Crippen molar-refractivity contribution in [3.8, 4) is 11.3 Å². The van der Waals surface area contributed by atoms with Crippen molar-refractivity contribution in [1.29, 1.82) is 0 Å². The first-order valence-electron chi connectivity index (χ1n) is 11.7. The van der Waals surface area contributed by atoms with Gasteiger partial charge in [0.2, 0.25) is 5.95 Å². The van der Waals surface area contributed by atoms with E-state index in [0.717, 1.165) is 12.8 Å². The van der Waals surface area contributed by atoms with Crippen molar-refractivity contribution in [1.82, 2.24) is 19.5 Å². The van der Waals surface area contributed by atoms with Crippen LogP contribution in [0.5, 0.6) is 0 Å². The molecule has 3 heterocycles. The van der Waals surface area contributed by atoms with Crippen molar-refractivity contribution < 1.29 is 19.3 Å². The fourth-order valence-electron chi connectivity index (χ4n) is 4.69. The molecule has 0 radical (unpaired) electrons. The number of aliphatic hydroxyl groups is 2. The Morgan fingerprint density at radius 1 is 1.26 bits per heavy atom. The average Bonchev–Trinajstić information content (AvgIpc) is 3.57. The van der Waals surface area contributed by atoms with E-state index in [1.54, 1.807) is 13.0 Å². The molecule has 0 spiro atoms. The van der Waals surface area contributed by atoms with Gasteiger partial charge in [0.05, 0.1) is 41.2 Å². The van der Waals surface area contributed by atoms with Crippen molar-refractivity contribution in [2.24, 2.45) is 5.92 Å². The van der Waals surface area contributed by atoms with Gasteiger partial charge in [-0.05, 0) is 58.1 Å². The number of nitrogens with one attached hydrogen (secondary N) is 1. The van der Waals surface area contributed by atoms with E-state index in [2.05, 4.69) is 20.3 Å². The second-order valence-corrected chi connectivity index (χ2v) is 10.1. The number of aromatic nitrogens is 4. The van der Waals surface area contributed by atoms with Gasteiger partial charge in [-0.25, -0.2) is 19.3 Å². The van der Waals surface area contributed by atoms with Gasteiger partial charge in [0, 0.05) is 18.2 Å². The predicted octanol–water partition coefficient (Wildman–Crippen LogP) is 4.05. The zero-order valence-corrected chi connectivity index (χ0v) is 20.2. The third-order valence-corrected chi connectivity index (χ3v) is 7.03. The summed E-state index contributed by atoms with van der Waals surface area (Å²) < 4.78 is 22.5. The Morgan fingerprint density at radius 2 is 2.03 bits per heavy atom. The summed E-state index contributed by atoms with van der Waals surface area (Å²) in [6.45, 7) is 6.50. The molecular formula is C24H29ClFN5O3. The van der Waals surface area contributed by atoms with Crippen molar-refractivity contribution in [2.75, 3.05) is 18.5 Å². The van der Waals surface area contributed by atoms with Crippen LogP contribution in [0.25, 0.3) is 22.3 Å². The second-order valence-electron chi connectivity index (χ2n) is 9.72. The van der Waals surface area contributed by atoms with E-state index < -0.39 is 17.5 Å². The van der Waals surface area contributed by atoms with E-state index in [9.17, 15) is 10.2 Å². The number of benzene rings is 1. The SMILES string of the molecule is CC(C)n1c(C(C)(O)C2CC2)nc2c(F)cc(-c3nc(N[C@@H]4CCOC[C@H]4O)ncc3Cl)cc21. The monoisotopic (exact) mass is 489 g/mol. The molecule has 1 unspecified atom stereocenters. The molecule has 2 aliphatic rings. The zero-order valence-electron chi connectivity index (χ0n) is 19.4. The first kappa shape index (κ1) is 23.4. The highest BCUT2D eigenvalue weighted by atomic mass is 35.5. The molecule has 182 valence electrons. The number of anilines is 1. The number of fused-ring (bicyclic) bond motifs is 1. The zero-order chi connectivity index (χ0) is 24.2. The molecule has 1 aliphatic heterocycles. The maximum atomic E-state index is 15.3. The molecule has 0 amide bonds. The normalized spacial score (nSPS) is 22.8. The van der Waals surface area contributed by atoms with Gasteiger partial charge in [0.15, 0.2) is 5.82 Å². The van der Waals surface area contributed by atoms with Crippen LogP contribution in [0.1, 0.15) is 51.9 Å². The van der Waals surface area contributed by atoms with Gasteiger partial charge < -0.3 is 24.8 Å². The van der Waals surface area contributed by atoms with Crippen molar-refractivity contribution in [2.45, 2.75) is 63.8 Å². The minimum atomic E-state index is -1.13. The van der Waals surface area contributed by atoms with E-state index in [1.165, 1.54) is 12.3 Å². The minimum absolute atomic E-state index is 0.0482. The third-order valence-electron chi connectivity index (χ3n) is 6.75. The molecule has 2 fully saturated rings. The summed E-state index contributed by atoms with van der Waals surface area (Å²) >= 11 is 6.43. The molecule has 3 N–H and O–H groups in total. The molecule has 1 saturated carbocycles. The maximum Gasteiger partial charge on any atom is 0.223 e. The summed E-state index contributed by atoms with van der Waals surface area (Å²) in [6, 6.07) is 2.86. The van der Waals surface area contributed by atoms with Gasteiger partial charge in [0.25, 0.3) is 0 Å². The maximum absolute atomic E-state index is 15.3. The van der Waals surface area contributed by atoms with Gasteiger partial charge in [0.1, 0.15) is 16.9 Å². The lowest BCUT2D eigenvalue weighted by atomic mass is 9.99.